The van der Waals surface area contributed by atoms with Crippen LogP contribution < -0.4 is 19.1 Å². The van der Waals surface area contributed by atoms with Crippen LogP contribution in [0.4, 0.5) is 5.69 Å². The zero-order valence-corrected chi connectivity index (χ0v) is 18.3. The fraction of sp³-hybridized carbons (Fsp3) is 0.455. The maximum atomic E-state index is 12.8. The van der Waals surface area contributed by atoms with E-state index in [0.717, 1.165) is 42.9 Å². The summed E-state index contributed by atoms with van der Waals surface area (Å²) in [7, 11) is -1.91. The molecule has 0 aliphatic carbocycles. The summed E-state index contributed by atoms with van der Waals surface area (Å²) in [5.41, 5.74) is 1.94. The predicted molar refractivity (Wildman–Crippen MR) is 115 cm³/mol. The highest BCUT2D eigenvalue weighted by atomic mass is 32.2. The van der Waals surface area contributed by atoms with E-state index in [-0.39, 0.29) is 17.0 Å². The number of ether oxygens (including phenoxy) is 2. The lowest BCUT2D eigenvalue weighted by atomic mass is 10.1. The summed E-state index contributed by atoms with van der Waals surface area (Å²) >= 11 is 0. The number of methoxy groups -OCH3 is 1. The Bertz CT molecular complexity index is 918. The van der Waals surface area contributed by atoms with Crippen molar-refractivity contribution in [3.63, 3.8) is 0 Å². The molecule has 1 fully saturated rings. The lowest BCUT2D eigenvalue weighted by molar-refractivity contribution is 0.240. The van der Waals surface area contributed by atoms with E-state index in [2.05, 4.69) is 9.62 Å². The molecule has 0 amide bonds. The number of nitrogens with zero attached hydrogens (tertiary/aromatic N) is 1. The zero-order valence-electron chi connectivity index (χ0n) is 17.5. The van der Waals surface area contributed by atoms with E-state index in [1.807, 2.05) is 45.0 Å². The summed E-state index contributed by atoms with van der Waals surface area (Å²) < 4.78 is 39.4. The third-order valence-electron chi connectivity index (χ3n) is 5.07. The smallest absolute Gasteiger partial charge is 0.240 e. The second-order valence-electron chi connectivity index (χ2n) is 7.67. The fourth-order valence-electron chi connectivity index (χ4n) is 3.51. The molecule has 0 aromatic heterocycles. The molecule has 0 unspecified atom stereocenters. The van der Waals surface area contributed by atoms with E-state index < -0.39 is 10.0 Å². The van der Waals surface area contributed by atoms with E-state index in [1.54, 1.807) is 25.3 Å². The van der Waals surface area contributed by atoms with E-state index in [0.29, 0.717) is 5.75 Å². The molecule has 0 radical (unpaired) electrons. The lowest BCUT2D eigenvalue weighted by Crippen LogP contribution is -2.44. The highest BCUT2D eigenvalue weighted by molar-refractivity contribution is 7.89. The molecule has 158 valence electrons. The summed E-state index contributed by atoms with van der Waals surface area (Å²) in [6.45, 7) is 7.37. The summed E-state index contributed by atoms with van der Waals surface area (Å²) in [6, 6.07) is 12.9. The molecular formula is C22H30N2O4S. The standard InChI is InChI=1S/C22H30N2O4S/c1-16(2)28-22-10-9-21(15-17(22)3)29(25,26)23-18-11-13-24(14-12-18)19-5-7-20(27-4)8-6-19/h5-10,15-16,18,23H,11-14H2,1-4H3. The maximum Gasteiger partial charge on any atom is 0.240 e. The molecule has 0 saturated carbocycles. The largest absolute Gasteiger partial charge is 0.497 e. The Labute approximate surface area is 173 Å². The Morgan fingerprint density at radius 3 is 2.28 bits per heavy atom. The second kappa shape index (κ2) is 9.05. The number of anilines is 1. The fourth-order valence-corrected chi connectivity index (χ4v) is 4.90. The van der Waals surface area contributed by atoms with Crippen molar-refractivity contribution in [3.8, 4) is 11.5 Å². The number of hydrogen-bond donors (Lipinski definition) is 1. The van der Waals surface area contributed by atoms with Gasteiger partial charge in [-0.25, -0.2) is 13.1 Å². The minimum Gasteiger partial charge on any atom is -0.497 e. The average Bonchev–Trinajstić information content (AvgIpc) is 2.69. The molecule has 2 aromatic carbocycles. The van der Waals surface area contributed by atoms with Crippen LogP contribution in [0.15, 0.2) is 47.4 Å². The van der Waals surface area contributed by atoms with E-state index in [4.69, 9.17) is 9.47 Å². The molecule has 0 spiro atoms. The Balaban J connectivity index is 1.61. The molecule has 7 heteroatoms. The van der Waals surface area contributed by atoms with Crippen LogP contribution in [0.2, 0.25) is 0 Å². The molecule has 6 nitrogen and oxygen atoms in total. The first kappa shape index (κ1) is 21.5. The Morgan fingerprint density at radius 2 is 1.72 bits per heavy atom. The van der Waals surface area contributed by atoms with Crippen molar-refractivity contribution in [1.82, 2.24) is 4.72 Å². The van der Waals surface area contributed by atoms with Gasteiger partial charge in [-0.1, -0.05) is 0 Å². The van der Waals surface area contributed by atoms with Crippen molar-refractivity contribution < 1.29 is 17.9 Å². The number of piperidine rings is 1. The van der Waals surface area contributed by atoms with Gasteiger partial charge in [-0.05, 0) is 81.6 Å². The van der Waals surface area contributed by atoms with Crippen LogP contribution in [-0.2, 0) is 10.0 Å². The summed E-state index contributed by atoms with van der Waals surface area (Å²) in [6.07, 6.45) is 1.57. The second-order valence-corrected chi connectivity index (χ2v) is 9.39. The molecule has 2 aromatic rings. The number of benzene rings is 2. The third kappa shape index (κ3) is 5.42. The SMILES string of the molecule is COc1ccc(N2CCC(NS(=O)(=O)c3ccc(OC(C)C)c(C)c3)CC2)cc1. The van der Waals surface area contributed by atoms with Crippen LogP contribution in [-0.4, -0.2) is 40.8 Å². The van der Waals surface area contributed by atoms with Gasteiger partial charge in [0.1, 0.15) is 11.5 Å². The molecule has 29 heavy (non-hydrogen) atoms. The zero-order chi connectivity index (χ0) is 21.0. The third-order valence-corrected chi connectivity index (χ3v) is 6.59. The molecule has 0 atom stereocenters. The quantitative estimate of drug-likeness (QED) is 0.742. The van der Waals surface area contributed by atoms with Gasteiger partial charge >= 0.3 is 0 Å². The average molecular weight is 419 g/mol. The van der Waals surface area contributed by atoms with Crippen LogP contribution in [0.1, 0.15) is 32.3 Å². The van der Waals surface area contributed by atoms with Crippen molar-refractivity contribution in [2.45, 2.75) is 50.7 Å². The molecule has 0 bridgehead atoms. The predicted octanol–water partition coefficient (Wildman–Crippen LogP) is 3.74. The number of nitrogens with one attached hydrogen (secondary N) is 1. The molecule has 1 N–H and O–H groups in total. The van der Waals surface area contributed by atoms with Gasteiger partial charge in [-0.15, -0.1) is 0 Å². The Hall–Kier alpha value is -2.25. The van der Waals surface area contributed by atoms with Crippen LogP contribution in [0.25, 0.3) is 0 Å². The normalized spacial score (nSPS) is 15.6. The first-order valence-corrected chi connectivity index (χ1v) is 11.5. The number of rotatable bonds is 7. The van der Waals surface area contributed by atoms with Crippen molar-refractivity contribution in [1.29, 1.82) is 0 Å². The van der Waals surface area contributed by atoms with Gasteiger partial charge in [0.25, 0.3) is 0 Å². The van der Waals surface area contributed by atoms with Crippen molar-refractivity contribution in [3.05, 3.63) is 48.0 Å². The van der Waals surface area contributed by atoms with Gasteiger partial charge < -0.3 is 14.4 Å². The topological polar surface area (TPSA) is 67.9 Å². The number of sulfonamides is 1. The summed E-state index contributed by atoms with van der Waals surface area (Å²) in [4.78, 5) is 2.55. The van der Waals surface area contributed by atoms with E-state index in [9.17, 15) is 8.42 Å². The molecule has 3 rings (SSSR count). The molecule has 1 saturated heterocycles. The number of aryl methyl sites for hydroxylation is 1. The molecular weight excluding hydrogens is 388 g/mol. The lowest BCUT2D eigenvalue weighted by Gasteiger charge is -2.33. The Kier molecular flexibility index (Phi) is 6.70. The summed E-state index contributed by atoms with van der Waals surface area (Å²) in [5.74, 6) is 1.54. The van der Waals surface area contributed by atoms with Gasteiger partial charge in [0.15, 0.2) is 0 Å². The van der Waals surface area contributed by atoms with Crippen LogP contribution >= 0.6 is 0 Å². The van der Waals surface area contributed by atoms with Crippen LogP contribution in [0, 0.1) is 6.92 Å². The van der Waals surface area contributed by atoms with Gasteiger partial charge in [-0.2, -0.15) is 0 Å². The highest BCUT2D eigenvalue weighted by Gasteiger charge is 2.25. The van der Waals surface area contributed by atoms with Crippen LogP contribution in [0.3, 0.4) is 0 Å². The minimum absolute atomic E-state index is 0.0465. The number of hydrogen-bond acceptors (Lipinski definition) is 5. The molecule has 1 aliphatic heterocycles. The highest BCUT2D eigenvalue weighted by Crippen LogP contribution is 2.25. The van der Waals surface area contributed by atoms with Gasteiger partial charge in [0.2, 0.25) is 10.0 Å². The summed E-state index contributed by atoms with van der Waals surface area (Å²) in [5, 5.41) is 0. The van der Waals surface area contributed by atoms with Crippen molar-refractivity contribution in [2.24, 2.45) is 0 Å². The van der Waals surface area contributed by atoms with E-state index >= 15 is 0 Å². The first-order chi connectivity index (χ1) is 13.8. The maximum absolute atomic E-state index is 12.8. The van der Waals surface area contributed by atoms with Crippen molar-refractivity contribution >= 4 is 15.7 Å². The molecule has 1 heterocycles. The molecule has 1 aliphatic rings. The Morgan fingerprint density at radius 1 is 1.07 bits per heavy atom. The first-order valence-electron chi connectivity index (χ1n) is 9.97. The van der Waals surface area contributed by atoms with E-state index in [1.165, 1.54) is 0 Å². The van der Waals surface area contributed by atoms with Crippen molar-refractivity contribution in [2.75, 3.05) is 25.1 Å². The van der Waals surface area contributed by atoms with Gasteiger partial charge in [-0.3, -0.25) is 0 Å². The monoisotopic (exact) mass is 418 g/mol. The van der Waals surface area contributed by atoms with Crippen LogP contribution in [0.5, 0.6) is 11.5 Å². The van der Waals surface area contributed by atoms with Gasteiger partial charge in [0.05, 0.1) is 18.1 Å². The van der Waals surface area contributed by atoms with Gasteiger partial charge in [0, 0.05) is 24.8 Å². The minimum atomic E-state index is -3.56.